The van der Waals surface area contributed by atoms with Gasteiger partial charge >= 0.3 is 0 Å². The van der Waals surface area contributed by atoms with Gasteiger partial charge in [0.2, 0.25) is 0 Å². The first-order valence-electron chi connectivity index (χ1n) is 12.9. The largest absolute Gasteiger partial charge is 0.496 e. The Morgan fingerprint density at radius 1 is 0.800 bits per heavy atom. The highest BCUT2D eigenvalue weighted by atomic mass is 16.5. The van der Waals surface area contributed by atoms with E-state index in [2.05, 4.69) is 91.2 Å². The number of piperazine rings is 1. The van der Waals surface area contributed by atoms with E-state index in [4.69, 9.17) is 9.47 Å². The molecule has 3 aromatic carbocycles. The molecular formula is C31H40N2O2. The number of ether oxygens (including phenoxy) is 2. The van der Waals surface area contributed by atoms with Gasteiger partial charge in [-0.3, -0.25) is 4.90 Å². The molecule has 0 aliphatic carbocycles. The van der Waals surface area contributed by atoms with Gasteiger partial charge in [-0.2, -0.15) is 0 Å². The van der Waals surface area contributed by atoms with Crippen molar-refractivity contribution in [3.05, 3.63) is 95.1 Å². The molecule has 0 saturated carbocycles. The lowest BCUT2D eigenvalue weighted by Crippen LogP contribution is -2.46. The minimum atomic E-state index is -0.0576. The van der Waals surface area contributed by atoms with Gasteiger partial charge in [0.25, 0.3) is 0 Å². The van der Waals surface area contributed by atoms with E-state index in [1.807, 2.05) is 12.1 Å². The van der Waals surface area contributed by atoms with Crippen LogP contribution >= 0.6 is 0 Å². The van der Waals surface area contributed by atoms with E-state index >= 15 is 0 Å². The molecule has 1 aliphatic rings. The number of hydrogen-bond donors (Lipinski definition) is 0. The summed E-state index contributed by atoms with van der Waals surface area (Å²) in [5.41, 5.74) is 5.16. The van der Waals surface area contributed by atoms with Crippen LogP contribution in [0.15, 0.2) is 72.8 Å². The molecule has 0 aromatic heterocycles. The normalized spacial score (nSPS) is 15.8. The van der Waals surface area contributed by atoms with Crippen LogP contribution in [0.2, 0.25) is 0 Å². The van der Waals surface area contributed by atoms with Crippen molar-refractivity contribution in [3.8, 4) is 11.5 Å². The maximum Gasteiger partial charge on any atom is 0.128 e. The van der Waals surface area contributed by atoms with Crippen LogP contribution in [-0.4, -0.2) is 49.6 Å². The highest BCUT2D eigenvalue weighted by Gasteiger charge is 2.22. The van der Waals surface area contributed by atoms with E-state index in [9.17, 15) is 0 Å². The van der Waals surface area contributed by atoms with E-state index in [0.29, 0.717) is 5.92 Å². The van der Waals surface area contributed by atoms with Crippen molar-refractivity contribution in [1.29, 1.82) is 0 Å². The Balaban J connectivity index is 1.40. The Bertz CT molecular complexity index is 1060. The number of methoxy groups -OCH3 is 1. The highest BCUT2D eigenvalue weighted by molar-refractivity contribution is 5.39. The van der Waals surface area contributed by atoms with Crippen LogP contribution in [0.1, 0.15) is 54.5 Å². The van der Waals surface area contributed by atoms with E-state index in [1.165, 1.54) is 16.7 Å². The fourth-order valence-electron chi connectivity index (χ4n) is 5.06. The second-order valence-corrected chi connectivity index (χ2v) is 9.91. The summed E-state index contributed by atoms with van der Waals surface area (Å²) in [4.78, 5) is 5.12. The first-order chi connectivity index (χ1) is 17.0. The highest BCUT2D eigenvalue weighted by Crippen LogP contribution is 2.33. The molecule has 0 amide bonds. The predicted molar refractivity (Wildman–Crippen MR) is 144 cm³/mol. The van der Waals surface area contributed by atoms with Crippen LogP contribution in [0.4, 0.5) is 0 Å². The Labute approximate surface area is 211 Å². The zero-order valence-corrected chi connectivity index (χ0v) is 21.7. The third-order valence-electron chi connectivity index (χ3n) is 7.05. The topological polar surface area (TPSA) is 24.9 Å². The smallest absolute Gasteiger partial charge is 0.128 e. The van der Waals surface area contributed by atoms with Crippen molar-refractivity contribution in [2.45, 2.75) is 45.8 Å². The standard InChI is InChI=1S/C31H40N2O2/c1-24(2)28-15-14-27(22-25(28)3)35-31(29-12-8-9-13-30(29)34-4)16-17-32-18-20-33(21-19-32)23-26-10-6-5-7-11-26/h5-15,22,24,31H,16-21,23H2,1-4H3/t31-/m0/s1. The average molecular weight is 473 g/mol. The molecule has 0 N–H and O–H groups in total. The van der Waals surface area contributed by atoms with E-state index in [1.54, 1.807) is 7.11 Å². The Morgan fingerprint density at radius 3 is 2.17 bits per heavy atom. The fraction of sp³-hybridized carbons (Fsp3) is 0.419. The summed E-state index contributed by atoms with van der Waals surface area (Å²) in [5, 5.41) is 0. The Kier molecular flexibility index (Phi) is 8.84. The van der Waals surface area contributed by atoms with Crippen molar-refractivity contribution >= 4 is 0 Å². The molecule has 186 valence electrons. The molecule has 35 heavy (non-hydrogen) atoms. The van der Waals surface area contributed by atoms with Crippen LogP contribution in [-0.2, 0) is 6.54 Å². The maximum atomic E-state index is 6.63. The van der Waals surface area contributed by atoms with Crippen molar-refractivity contribution in [2.24, 2.45) is 0 Å². The second-order valence-electron chi connectivity index (χ2n) is 9.91. The molecule has 1 atom stereocenters. The van der Waals surface area contributed by atoms with Gasteiger partial charge < -0.3 is 14.4 Å². The van der Waals surface area contributed by atoms with Gasteiger partial charge in [0.1, 0.15) is 17.6 Å². The van der Waals surface area contributed by atoms with Gasteiger partial charge in [-0.25, -0.2) is 0 Å². The van der Waals surface area contributed by atoms with E-state index in [-0.39, 0.29) is 6.10 Å². The van der Waals surface area contributed by atoms with Gasteiger partial charge in [0, 0.05) is 51.3 Å². The Morgan fingerprint density at radius 2 is 1.49 bits per heavy atom. The third kappa shape index (κ3) is 6.87. The van der Waals surface area contributed by atoms with Crippen molar-refractivity contribution in [2.75, 3.05) is 39.8 Å². The summed E-state index contributed by atoms with van der Waals surface area (Å²) < 4.78 is 12.3. The van der Waals surface area contributed by atoms with Gasteiger partial charge in [-0.05, 0) is 47.7 Å². The minimum absolute atomic E-state index is 0.0576. The molecule has 0 spiro atoms. The van der Waals surface area contributed by atoms with E-state index < -0.39 is 0 Å². The molecule has 4 nitrogen and oxygen atoms in total. The molecule has 0 bridgehead atoms. The van der Waals surface area contributed by atoms with Gasteiger partial charge in [0.15, 0.2) is 0 Å². The molecule has 4 rings (SSSR count). The summed E-state index contributed by atoms with van der Waals surface area (Å²) in [6, 6.07) is 25.5. The minimum Gasteiger partial charge on any atom is -0.496 e. The molecule has 1 saturated heterocycles. The summed E-state index contributed by atoms with van der Waals surface area (Å²) >= 11 is 0. The fourth-order valence-corrected chi connectivity index (χ4v) is 5.06. The Hall–Kier alpha value is -2.82. The second kappa shape index (κ2) is 12.2. The lowest BCUT2D eigenvalue weighted by Gasteiger charge is -2.35. The zero-order valence-electron chi connectivity index (χ0n) is 21.7. The van der Waals surface area contributed by atoms with Crippen molar-refractivity contribution < 1.29 is 9.47 Å². The lowest BCUT2D eigenvalue weighted by molar-refractivity contribution is 0.106. The summed E-state index contributed by atoms with van der Waals surface area (Å²) in [5.74, 6) is 2.32. The van der Waals surface area contributed by atoms with Gasteiger partial charge in [-0.1, -0.05) is 68.4 Å². The molecule has 0 unspecified atom stereocenters. The number of hydrogen-bond acceptors (Lipinski definition) is 4. The van der Waals surface area contributed by atoms with Crippen LogP contribution in [0, 0.1) is 6.92 Å². The predicted octanol–water partition coefficient (Wildman–Crippen LogP) is 6.46. The number of rotatable bonds is 10. The van der Waals surface area contributed by atoms with Gasteiger partial charge in [-0.15, -0.1) is 0 Å². The van der Waals surface area contributed by atoms with E-state index in [0.717, 1.165) is 62.8 Å². The van der Waals surface area contributed by atoms with Crippen molar-refractivity contribution in [1.82, 2.24) is 9.80 Å². The number of para-hydroxylation sites is 1. The SMILES string of the molecule is COc1ccccc1[C@H](CCN1CCN(Cc2ccccc2)CC1)Oc1ccc(C(C)C)c(C)c1. The lowest BCUT2D eigenvalue weighted by atomic mass is 9.98. The number of nitrogens with zero attached hydrogens (tertiary/aromatic N) is 2. The van der Waals surface area contributed by atoms with Crippen LogP contribution in [0.3, 0.4) is 0 Å². The van der Waals surface area contributed by atoms with Crippen LogP contribution < -0.4 is 9.47 Å². The molecule has 1 fully saturated rings. The summed E-state index contributed by atoms with van der Waals surface area (Å²) in [6.45, 7) is 13.1. The number of aryl methyl sites for hydroxylation is 1. The van der Waals surface area contributed by atoms with Crippen molar-refractivity contribution in [3.63, 3.8) is 0 Å². The van der Waals surface area contributed by atoms with Crippen LogP contribution in [0.5, 0.6) is 11.5 Å². The summed E-state index contributed by atoms with van der Waals surface area (Å²) in [7, 11) is 1.74. The van der Waals surface area contributed by atoms with Crippen LogP contribution in [0.25, 0.3) is 0 Å². The molecule has 1 aliphatic heterocycles. The monoisotopic (exact) mass is 472 g/mol. The molecular weight excluding hydrogens is 432 g/mol. The third-order valence-corrected chi connectivity index (χ3v) is 7.05. The molecule has 3 aromatic rings. The molecule has 1 heterocycles. The first kappa shape index (κ1) is 25.3. The number of benzene rings is 3. The first-order valence-corrected chi connectivity index (χ1v) is 12.9. The summed E-state index contributed by atoms with van der Waals surface area (Å²) in [6.07, 6.45) is 0.863. The molecule has 4 heteroatoms. The molecule has 0 radical (unpaired) electrons. The average Bonchev–Trinajstić information content (AvgIpc) is 2.88. The quantitative estimate of drug-likeness (QED) is 0.338. The van der Waals surface area contributed by atoms with Gasteiger partial charge in [0.05, 0.1) is 7.11 Å². The maximum absolute atomic E-state index is 6.63. The zero-order chi connectivity index (χ0) is 24.6.